The fourth-order valence-electron chi connectivity index (χ4n) is 4.24. The lowest BCUT2D eigenvalue weighted by Gasteiger charge is -2.35. The van der Waals surface area contributed by atoms with Crippen molar-refractivity contribution in [2.45, 2.75) is 64.1 Å². The van der Waals surface area contributed by atoms with E-state index in [1.165, 1.54) is 47.4 Å². The van der Waals surface area contributed by atoms with Gasteiger partial charge in [-0.2, -0.15) is 0 Å². The van der Waals surface area contributed by atoms with Crippen LogP contribution in [0.1, 0.15) is 45.2 Å². The minimum Gasteiger partial charge on any atom is -0.350 e. The second kappa shape index (κ2) is 12.8. The van der Waals surface area contributed by atoms with Gasteiger partial charge in [0.05, 0.1) is 10.6 Å². The molecule has 0 aliphatic carbocycles. The van der Waals surface area contributed by atoms with E-state index in [9.17, 15) is 22.4 Å². The van der Waals surface area contributed by atoms with Gasteiger partial charge in [0, 0.05) is 17.1 Å². The van der Waals surface area contributed by atoms with Gasteiger partial charge in [-0.15, -0.1) is 0 Å². The largest absolute Gasteiger partial charge is 0.350 e. The van der Waals surface area contributed by atoms with Gasteiger partial charge in [-0.05, 0) is 81.6 Å². The van der Waals surface area contributed by atoms with E-state index in [0.29, 0.717) is 16.1 Å². The van der Waals surface area contributed by atoms with E-state index < -0.39 is 39.9 Å². The average Bonchev–Trinajstić information content (AvgIpc) is 2.89. The van der Waals surface area contributed by atoms with Gasteiger partial charge < -0.3 is 10.2 Å². The Morgan fingerprint density at radius 3 is 2.20 bits per heavy atom. The molecule has 2 amide bonds. The summed E-state index contributed by atoms with van der Waals surface area (Å²) in [4.78, 5) is 28.8. The summed E-state index contributed by atoms with van der Waals surface area (Å²) in [5, 5.41) is 3.22. The van der Waals surface area contributed by atoms with Crippen molar-refractivity contribution in [3.63, 3.8) is 0 Å². The standard InChI is InChI=1S/C30H35ClFN3O4S/c1-6-26(29(37)33-30(3,4)5)34(19-22-13-16-24(32)17-14-22)28(36)20-35(27-18-23(31)15-12-21(27)2)40(38,39)25-10-8-7-9-11-25/h7-18,26H,6,19-20H2,1-5H3,(H,33,37)/t26-/m0/s1. The molecular formula is C30H35ClFN3O4S. The number of hydrogen-bond donors (Lipinski definition) is 1. The van der Waals surface area contributed by atoms with Gasteiger partial charge in [0.15, 0.2) is 0 Å². The summed E-state index contributed by atoms with van der Waals surface area (Å²) in [6.45, 7) is 8.39. The first-order chi connectivity index (χ1) is 18.7. The van der Waals surface area contributed by atoms with Crippen molar-refractivity contribution in [1.82, 2.24) is 10.2 Å². The molecule has 0 bridgehead atoms. The number of benzene rings is 3. The second-order valence-electron chi connectivity index (χ2n) is 10.6. The molecule has 0 aliphatic heterocycles. The zero-order chi connectivity index (χ0) is 29.7. The number of sulfonamides is 1. The van der Waals surface area contributed by atoms with E-state index in [2.05, 4.69) is 5.32 Å². The molecule has 214 valence electrons. The average molecular weight is 588 g/mol. The lowest BCUT2D eigenvalue weighted by Crippen LogP contribution is -2.55. The van der Waals surface area contributed by atoms with Crippen LogP contribution in [0.4, 0.5) is 10.1 Å². The third-order valence-corrected chi connectivity index (χ3v) is 8.21. The van der Waals surface area contributed by atoms with Gasteiger partial charge in [0.2, 0.25) is 11.8 Å². The number of carbonyl (C=O) groups is 2. The smallest absolute Gasteiger partial charge is 0.264 e. The predicted molar refractivity (Wildman–Crippen MR) is 156 cm³/mol. The lowest BCUT2D eigenvalue weighted by molar-refractivity contribution is -0.141. The van der Waals surface area contributed by atoms with E-state index in [0.717, 1.165) is 4.31 Å². The predicted octanol–water partition coefficient (Wildman–Crippen LogP) is 5.70. The minimum absolute atomic E-state index is 0.00442. The first-order valence-electron chi connectivity index (χ1n) is 12.9. The molecule has 0 unspecified atom stereocenters. The molecule has 3 aromatic rings. The number of halogens is 2. The quantitative estimate of drug-likeness (QED) is 0.329. The molecule has 0 heterocycles. The molecule has 40 heavy (non-hydrogen) atoms. The topological polar surface area (TPSA) is 86.8 Å². The Morgan fingerprint density at radius 1 is 1.00 bits per heavy atom. The van der Waals surface area contributed by atoms with Crippen LogP contribution in [0.2, 0.25) is 5.02 Å². The van der Waals surface area contributed by atoms with Crippen molar-refractivity contribution >= 4 is 39.1 Å². The summed E-state index contributed by atoms with van der Waals surface area (Å²) in [5.74, 6) is -1.41. The maximum atomic E-state index is 14.1. The summed E-state index contributed by atoms with van der Waals surface area (Å²) in [5.41, 5.74) is 0.876. The highest BCUT2D eigenvalue weighted by molar-refractivity contribution is 7.92. The van der Waals surface area contributed by atoms with Gasteiger partial charge in [0.1, 0.15) is 18.4 Å². The Labute approximate surface area is 241 Å². The summed E-state index contributed by atoms with van der Waals surface area (Å²) in [6.07, 6.45) is 0.274. The van der Waals surface area contributed by atoms with Crippen molar-refractivity contribution in [3.05, 3.63) is 94.8 Å². The molecule has 0 fully saturated rings. The van der Waals surface area contributed by atoms with Gasteiger partial charge in [0.25, 0.3) is 10.0 Å². The Balaban J connectivity index is 2.10. The van der Waals surface area contributed by atoms with Crippen molar-refractivity contribution in [2.24, 2.45) is 0 Å². The fraction of sp³-hybridized carbons (Fsp3) is 0.333. The van der Waals surface area contributed by atoms with Crippen molar-refractivity contribution in [3.8, 4) is 0 Å². The maximum absolute atomic E-state index is 14.1. The monoisotopic (exact) mass is 587 g/mol. The number of carbonyl (C=O) groups excluding carboxylic acids is 2. The molecule has 0 saturated carbocycles. The van der Waals surface area contributed by atoms with Gasteiger partial charge in [-0.25, -0.2) is 12.8 Å². The van der Waals surface area contributed by atoms with Crippen LogP contribution in [0.25, 0.3) is 0 Å². The zero-order valence-electron chi connectivity index (χ0n) is 23.3. The maximum Gasteiger partial charge on any atom is 0.264 e. The highest BCUT2D eigenvalue weighted by Crippen LogP contribution is 2.30. The molecule has 0 aliphatic rings. The molecule has 3 rings (SSSR count). The normalized spacial score (nSPS) is 12.5. The highest BCUT2D eigenvalue weighted by Gasteiger charge is 2.35. The van der Waals surface area contributed by atoms with Crippen molar-refractivity contribution in [1.29, 1.82) is 0 Å². The van der Waals surface area contributed by atoms with Crippen LogP contribution >= 0.6 is 11.6 Å². The highest BCUT2D eigenvalue weighted by atomic mass is 35.5. The van der Waals surface area contributed by atoms with Crippen LogP contribution in [0.15, 0.2) is 77.7 Å². The van der Waals surface area contributed by atoms with Crippen molar-refractivity contribution < 1.29 is 22.4 Å². The first-order valence-corrected chi connectivity index (χ1v) is 14.7. The first kappa shape index (κ1) is 31.1. The Kier molecular flexibility index (Phi) is 9.97. The molecule has 0 radical (unpaired) electrons. The van der Waals surface area contributed by atoms with E-state index in [1.807, 2.05) is 20.8 Å². The number of rotatable bonds is 10. The van der Waals surface area contributed by atoms with E-state index in [4.69, 9.17) is 11.6 Å². The Morgan fingerprint density at radius 2 is 1.62 bits per heavy atom. The summed E-state index contributed by atoms with van der Waals surface area (Å²) < 4.78 is 42.4. The number of nitrogens with one attached hydrogen (secondary N) is 1. The molecule has 0 aromatic heterocycles. The van der Waals surface area contributed by atoms with E-state index in [1.54, 1.807) is 44.2 Å². The number of amides is 2. The minimum atomic E-state index is -4.20. The number of hydrogen-bond acceptors (Lipinski definition) is 4. The summed E-state index contributed by atoms with van der Waals surface area (Å²) in [7, 11) is -4.20. The fourth-order valence-corrected chi connectivity index (χ4v) is 5.90. The molecule has 3 aromatic carbocycles. The third kappa shape index (κ3) is 7.82. The number of nitrogens with zero attached hydrogens (tertiary/aromatic N) is 2. The van der Waals surface area contributed by atoms with Gasteiger partial charge >= 0.3 is 0 Å². The van der Waals surface area contributed by atoms with E-state index in [-0.39, 0.29) is 29.5 Å². The molecule has 7 nitrogen and oxygen atoms in total. The Bertz CT molecular complexity index is 1440. The zero-order valence-corrected chi connectivity index (χ0v) is 24.9. The van der Waals surface area contributed by atoms with Crippen LogP contribution in [0.3, 0.4) is 0 Å². The molecule has 0 saturated heterocycles. The van der Waals surface area contributed by atoms with Crippen LogP contribution < -0.4 is 9.62 Å². The molecular weight excluding hydrogens is 553 g/mol. The molecule has 0 spiro atoms. The number of anilines is 1. The molecule has 1 atom stereocenters. The van der Waals surface area contributed by atoms with Gasteiger partial charge in [-0.1, -0.05) is 54.9 Å². The lowest BCUT2D eigenvalue weighted by atomic mass is 10.1. The Hall–Kier alpha value is -3.43. The summed E-state index contributed by atoms with van der Waals surface area (Å²) in [6, 6.07) is 17.3. The van der Waals surface area contributed by atoms with Crippen LogP contribution in [-0.4, -0.2) is 43.3 Å². The van der Waals surface area contributed by atoms with Crippen LogP contribution in [0, 0.1) is 12.7 Å². The summed E-state index contributed by atoms with van der Waals surface area (Å²) >= 11 is 6.25. The van der Waals surface area contributed by atoms with E-state index >= 15 is 0 Å². The van der Waals surface area contributed by atoms with Crippen LogP contribution in [0.5, 0.6) is 0 Å². The van der Waals surface area contributed by atoms with Gasteiger partial charge in [-0.3, -0.25) is 13.9 Å². The van der Waals surface area contributed by atoms with Crippen molar-refractivity contribution in [2.75, 3.05) is 10.8 Å². The van der Waals surface area contributed by atoms with Crippen LogP contribution in [-0.2, 0) is 26.2 Å². The second-order valence-corrected chi connectivity index (χ2v) is 12.9. The number of aryl methyl sites for hydroxylation is 1. The SMILES string of the molecule is CC[C@@H](C(=O)NC(C)(C)C)N(Cc1ccc(F)cc1)C(=O)CN(c1cc(Cl)ccc1C)S(=O)(=O)c1ccccc1. The molecule has 1 N–H and O–H groups in total. The third-order valence-electron chi connectivity index (χ3n) is 6.20. The molecule has 10 heteroatoms.